The fourth-order valence-corrected chi connectivity index (χ4v) is 8.07. The van der Waals surface area contributed by atoms with Crippen LogP contribution >= 0.6 is 0 Å². The van der Waals surface area contributed by atoms with Gasteiger partial charge in [0, 0.05) is 18.2 Å². The highest BCUT2D eigenvalue weighted by atomic mass is 16.3. The third-order valence-corrected chi connectivity index (χ3v) is 10.3. The number of fused-ring (bicyclic) bond motifs is 5. The second kappa shape index (κ2) is 8.55. The number of aliphatic hydroxyl groups is 2. The van der Waals surface area contributed by atoms with Gasteiger partial charge in [0.25, 0.3) is 0 Å². The van der Waals surface area contributed by atoms with E-state index >= 15 is 0 Å². The number of hydrazone groups is 1. The standard InChI is InChI=1S/C25H45N5O2/c1-23-10-7-17(16-28-30(22(26)27)14-13-29(3)4)15-18(23)5-6-20-19(23)8-11-24(2)21(31)9-12-25(20,24)32/h16-21,31-32H,5-15H2,1-4H3,(H3,26,27)/t17?,18-,19+,20-,21-,23+,24-,25+/m1/s1. The van der Waals surface area contributed by atoms with Crippen LogP contribution in [0.1, 0.15) is 71.6 Å². The summed E-state index contributed by atoms with van der Waals surface area (Å²) in [5.41, 5.74) is 4.99. The summed E-state index contributed by atoms with van der Waals surface area (Å²) in [6, 6.07) is 0. The summed E-state index contributed by atoms with van der Waals surface area (Å²) < 4.78 is 0. The maximum atomic E-state index is 11.9. The zero-order valence-corrected chi connectivity index (χ0v) is 20.6. The number of rotatable bonds is 5. The van der Waals surface area contributed by atoms with Gasteiger partial charge in [-0.25, -0.2) is 5.01 Å². The number of hydrogen-bond acceptors (Lipinski definition) is 5. The Bertz CT molecular complexity index is 744. The molecule has 4 fully saturated rings. The molecule has 4 saturated carbocycles. The first-order valence-electron chi connectivity index (χ1n) is 12.7. The predicted molar refractivity (Wildman–Crippen MR) is 128 cm³/mol. The summed E-state index contributed by atoms with van der Waals surface area (Å²) in [6.07, 6.45) is 10.9. The molecular weight excluding hydrogens is 402 g/mol. The lowest BCUT2D eigenvalue weighted by Crippen LogP contribution is -2.62. The minimum Gasteiger partial charge on any atom is -0.392 e. The van der Waals surface area contributed by atoms with Gasteiger partial charge in [0.05, 0.1) is 18.2 Å². The van der Waals surface area contributed by atoms with Crippen LogP contribution in [-0.2, 0) is 0 Å². The topological polar surface area (TPSA) is 109 Å². The van der Waals surface area contributed by atoms with Gasteiger partial charge in [-0.05, 0) is 101 Å². The second-order valence-corrected chi connectivity index (χ2v) is 12.0. The molecule has 8 atom stereocenters. The number of hydrogen-bond donors (Lipinski definition) is 4. The molecule has 7 heteroatoms. The van der Waals surface area contributed by atoms with Gasteiger partial charge in [-0.1, -0.05) is 13.8 Å². The maximum Gasteiger partial charge on any atom is 0.209 e. The monoisotopic (exact) mass is 447 g/mol. The van der Waals surface area contributed by atoms with E-state index in [1.54, 1.807) is 5.01 Å². The van der Waals surface area contributed by atoms with Crippen LogP contribution < -0.4 is 5.73 Å². The zero-order chi connectivity index (χ0) is 23.3. The SMILES string of the molecule is CN(C)CCN(N=CC1CC[C@@]2(C)[C@H](CC[C@@H]3[C@@H]2CC[C@]2(C)[C@H](O)CC[C@]32O)C1)C(=N)N. The normalized spacial score (nSPS) is 46.0. The van der Waals surface area contributed by atoms with E-state index in [-0.39, 0.29) is 22.9 Å². The fraction of sp³-hybridized carbons (Fsp3) is 0.920. The lowest BCUT2D eigenvalue weighted by molar-refractivity contribution is -0.213. The van der Waals surface area contributed by atoms with Gasteiger partial charge in [-0.2, -0.15) is 5.10 Å². The van der Waals surface area contributed by atoms with E-state index in [2.05, 4.69) is 23.8 Å². The van der Waals surface area contributed by atoms with Crippen molar-refractivity contribution in [2.24, 2.45) is 45.3 Å². The summed E-state index contributed by atoms with van der Waals surface area (Å²) in [5, 5.41) is 36.6. The molecule has 5 N–H and O–H groups in total. The van der Waals surface area contributed by atoms with Crippen LogP contribution in [-0.4, -0.2) is 71.2 Å². The highest BCUT2D eigenvalue weighted by Gasteiger charge is 2.67. The van der Waals surface area contributed by atoms with Gasteiger partial charge < -0.3 is 20.8 Å². The molecule has 0 radical (unpaired) electrons. The van der Waals surface area contributed by atoms with Crippen molar-refractivity contribution in [3.63, 3.8) is 0 Å². The molecule has 1 unspecified atom stereocenters. The lowest BCUT2D eigenvalue weighted by Gasteiger charge is -2.63. The summed E-state index contributed by atoms with van der Waals surface area (Å²) in [5.74, 6) is 1.96. The third-order valence-electron chi connectivity index (χ3n) is 10.3. The molecular formula is C25H45N5O2. The largest absolute Gasteiger partial charge is 0.392 e. The number of likely N-dealkylation sites (N-methyl/N-ethyl adjacent to an activating group) is 1. The van der Waals surface area contributed by atoms with Gasteiger partial charge in [0.1, 0.15) is 0 Å². The zero-order valence-electron chi connectivity index (χ0n) is 20.6. The van der Waals surface area contributed by atoms with E-state index in [1.165, 1.54) is 6.42 Å². The second-order valence-electron chi connectivity index (χ2n) is 12.0. The Kier molecular flexibility index (Phi) is 6.40. The Morgan fingerprint density at radius 1 is 1.06 bits per heavy atom. The molecule has 0 aliphatic heterocycles. The Hall–Kier alpha value is -1.18. The van der Waals surface area contributed by atoms with Crippen molar-refractivity contribution in [2.75, 3.05) is 27.2 Å². The number of nitrogens with one attached hydrogen (secondary N) is 1. The molecule has 0 bridgehead atoms. The molecule has 0 amide bonds. The van der Waals surface area contributed by atoms with E-state index in [4.69, 9.17) is 11.1 Å². The number of aliphatic hydroxyl groups excluding tert-OH is 1. The fourth-order valence-electron chi connectivity index (χ4n) is 8.07. The van der Waals surface area contributed by atoms with E-state index in [0.717, 1.165) is 57.9 Å². The molecule has 0 aromatic carbocycles. The van der Waals surface area contributed by atoms with Crippen molar-refractivity contribution < 1.29 is 10.2 Å². The minimum atomic E-state index is -0.698. The summed E-state index contributed by atoms with van der Waals surface area (Å²) in [4.78, 5) is 2.07. The van der Waals surface area contributed by atoms with Crippen LogP contribution in [0.5, 0.6) is 0 Å². The highest BCUT2D eigenvalue weighted by molar-refractivity contribution is 5.75. The van der Waals surface area contributed by atoms with E-state index in [9.17, 15) is 10.2 Å². The quantitative estimate of drug-likeness (QED) is 0.294. The van der Waals surface area contributed by atoms with Crippen molar-refractivity contribution >= 4 is 12.2 Å². The van der Waals surface area contributed by atoms with Crippen LogP contribution in [0.25, 0.3) is 0 Å². The predicted octanol–water partition coefficient (Wildman–Crippen LogP) is 2.86. The van der Waals surface area contributed by atoms with Crippen LogP contribution in [0.3, 0.4) is 0 Å². The Morgan fingerprint density at radius 2 is 1.81 bits per heavy atom. The van der Waals surface area contributed by atoms with Crippen LogP contribution in [0, 0.1) is 39.9 Å². The minimum absolute atomic E-state index is 0.00139. The van der Waals surface area contributed by atoms with Crippen LogP contribution in [0.4, 0.5) is 0 Å². The van der Waals surface area contributed by atoms with Crippen molar-refractivity contribution in [1.29, 1.82) is 5.41 Å². The van der Waals surface area contributed by atoms with Crippen molar-refractivity contribution in [1.82, 2.24) is 9.91 Å². The highest BCUT2D eigenvalue weighted by Crippen LogP contribution is 2.67. The molecule has 0 saturated heterocycles. The molecule has 7 nitrogen and oxygen atoms in total. The average molecular weight is 448 g/mol. The first-order chi connectivity index (χ1) is 15.0. The number of guanidine groups is 1. The van der Waals surface area contributed by atoms with Crippen LogP contribution in [0.15, 0.2) is 5.10 Å². The van der Waals surface area contributed by atoms with Gasteiger partial charge in [-0.15, -0.1) is 0 Å². The first kappa shape index (κ1) is 24.0. The van der Waals surface area contributed by atoms with Gasteiger partial charge in [0.15, 0.2) is 0 Å². The maximum absolute atomic E-state index is 11.9. The van der Waals surface area contributed by atoms with Gasteiger partial charge >= 0.3 is 0 Å². The lowest BCUT2D eigenvalue weighted by atomic mass is 9.43. The van der Waals surface area contributed by atoms with E-state index in [0.29, 0.717) is 30.2 Å². The van der Waals surface area contributed by atoms with Crippen molar-refractivity contribution in [3.05, 3.63) is 0 Å². The van der Waals surface area contributed by atoms with E-state index in [1.807, 2.05) is 20.3 Å². The summed E-state index contributed by atoms with van der Waals surface area (Å²) >= 11 is 0. The van der Waals surface area contributed by atoms with Crippen LogP contribution in [0.2, 0.25) is 0 Å². The van der Waals surface area contributed by atoms with Gasteiger partial charge in [-0.3, -0.25) is 5.41 Å². The summed E-state index contributed by atoms with van der Waals surface area (Å²) in [7, 11) is 4.02. The molecule has 4 aliphatic carbocycles. The third kappa shape index (κ3) is 3.78. The molecule has 0 aromatic heterocycles. The molecule has 4 rings (SSSR count). The average Bonchev–Trinajstić information content (AvgIpc) is 2.97. The molecule has 0 spiro atoms. The Morgan fingerprint density at radius 3 is 2.50 bits per heavy atom. The molecule has 32 heavy (non-hydrogen) atoms. The Labute approximate surface area is 193 Å². The molecule has 0 aromatic rings. The van der Waals surface area contributed by atoms with Gasteiger partial charge in [0.2, 0.25) is 5.96 Å². The van der Waals surface area contributed by atoms with E-state index < -0.39 is 5.60 Å². The van der Waals surface area contributed by atoms with Crippen molar-refractivity contribution in [2.45, 2.75) is 83.3 Å². The summed E-state index contributed by atoms with van der Waals surface area (Å²) in [6.45, 7) is 6.06. The smallest absolute Gasteiger partial charge is 0.209 e. The number of nitrogens with two attached hydrogens (primary N) is 1. The number of nitrogens with zero attached hydrogens (tertiary/aromatic N) is 3. The first-order valence-corrected chi connectivity index (χ1v) is 12.7. The molecule has 4 aliphatic rings. The Balaban J connectivity index is 1.44. The molecule has 182 valence electrons. The van der Waals surface area contributed by atoms with Crippen molar-refractivity contribution in [3.8, 4) is 0 Å². The molecule has 0 heterocycles.